The zero-order chi connectivity index (χ0) is 8.48. The first-order chi connectivity index (χ1) is 5.01. The van der Waals surface area contributed by atoms with Gasteiger partial charge in [0.05, 0.1) is 0 Å². The summed E-state index contributed by atoms with van der Waals surface area (Å²) in [7, 11) is 0. The Morgan fingerprint density at radius 3 is 2.18 bits per heavy atom. The van der Waals surface area contributed by atoms with E-state index in [2.05, 4.69) is 0 Å². The minimum absolute atomic E-state index is 0.0868. The maximum atomic E-state index is 12.5. The molecule has 11 heavy (non-hydrogen) atoms. The standard InChI is InChI=1S/C6H11ClF2N2/c7-11(10)5-1-3-6(8,9)4-2-5/h5H,1-4,10H2. The van der Waals surface area contributed by atoms with Crippen molar-refractivity contribution >= 4 is 11.8 Å². The highest BCUT2D eigenvalue weighted by Crippen LogP contribution is 2.34. The van der Waals surface area contributed by atoms with E-state index in [4.69, 9.17) is 17.6 Å². The van der Waals surface area contributed by atoms with Gasteiger partial charge in [0.15, 0.2) is 0 Å². The molecule has 0 aromatic heterocycles. The summed E-state index contributed by atoms with van der Waals surface area (Å²) in [5, 5.41) is 0. The van der Waals surface area contributed by atoms with E-state index in [1.807, 2.05) is 0 Å². The topological polar surface area (TPSA) is 29.3 Å². The molecule has 2 nitrogen and oxygen atoms in total. The van der Waals surface area contributed by atoms with Gasteiger partial charge in [-0.05, 0) is 24.6 Å². The van der Waals surface area contributed by atoms with Gasteiger partial charge in [0.25, 0.3) is 0 Å². The Labute approximate surface area is 69.4 Å². The summed E-state index contributed by atoms with van der Waals surface area (Å²) in [6, 6.07) is -0.0868. The molecule has 0 heterocycles. The molecule has 0 unspecified atom stereocenters. The smallest absolute Gasteiger partial charge is 0.248 e. The Morgan fingerprint density at radius 1 is 1.36 bits per heavy atom. The van der Waals surface area contributed by atoms with Crippen LogP contribution in [0.25, 0.3) is 0 Å². The normalized spacial score (nSPS) is 25.9. The van der Waals surface area contributed by atoms with E-state index in [1.54, 1.807) is 0 Å². The van der Waals surface area contributed by atoms with E-state index >= 15 is 0 Å². The van der Waals surface area contributed by atoms with E-state index < -0.39 is 5.92 Å². The molecule has 2 N–H and O–H groups in total. The van der Waals surface area contributed by atoms with Crippen LogP contribution in [0.2, 0.25) is 0 Å². The highest BCUT2D eigenvalue weighted by molar-refractivity contribution is 6.13. The second-order valence-corrected chi connectivity index (χ2v) is 3.32. The third-order valence-electron chi connectivity index (χ3n) is 2.04. The maximum absolute atomic E-state index is 12.5. The summed E-state index contributed by atoms with van der Waals surface area (Å²) >= 11 is 5.42. The van der Waals surface area contributed by atoms with Gasteiger partial charge in [-0.15, -0.1) is 0 Å². The molecular formula is C6H11ClF2N2. The average molecular weight is 185 g/mol. The number of hydrogen-bond acceptors (Lipinski definition) is 2. The molecule has 0 spiro atoms. The lowest BCUT2D eigenvalue weighted by Crippen LogP contribution is -2.39. The van der Waals surface area contributed by atoms with Crippen LogP contribution in [0.15, 0.2) is 0 Å². The Bertz CT molecular complexity index is 131. The first-order valence-electron chi connectivity index (χ1n) is 3.59. The summed E-state index contributed by atoms with van der Waals surface area (Å²) in [5.74, 6) is 2.71. The molecule has 0 aromatic carbocycles. The van der Waals surface area contributed by atoms with Gasteiger partial charge in [0, 0.05) is 18.9 Å². The Hall–Kier alpha value is 0.0700. The molecule has 1 saturated carbocycles. The molecule has 1 aliphatic rings. The van der Waals surface area contributed by atoms with E-state index in [0.29, 0.717) is 12.8 Å². The predicted molar refractivity (Wildman–Crippen MR) is 39.1 cm³/mol. The van der Waals surface area contributed by atoms with Crippen molar-refractivity contribution in [3.63, 3.8) is 0 Å². The van der Waals surface area contributed by atoms with Crippen molar-refractivity contribution in [3.05, 3.63) is 0 Å². The lowest BCUT2D eigenvalue weighted by Gasteiger charge is -2.30. The summed E-state index contributed by atoms with van der Waals surface area (Å²) < 4.78 is 26.1. The lowest BCUT2D eigenvalue weighted by atomic mass is 9.93. The van der Waals surface area contributed by atoms with E-state index in [9.17, 15) is 8.78 Å². The Kier molecular flexibility index (Phi) is 2.67. The van der Waals surface area contributed by atoms with Crippen LogP contribution in [0.5, 0.6) is 0 Å². The fourth-order valence-electron chi connectivity index (χ4n) is 1.27. The number of halogens is 3. The van der Waals surface area contributed by atoms with Crippen LogP contribution in [-0.2, 0) is 0 Å². The number of nitrogens with zero attached hydrogens (tertiary/aromatic N) is 1. The lowest BCUT2D eigenvalue weighted by molar-refractivity contribution is -0.0465. The van der Waals surface area contributed by atoms with Crippen LogP contribution in [0, 0.1) is 0 Å². The molecule has 1 aliphatic carbocycles. The minimum atomic E-state index is -2.50. The molecule has 0 aromatic rings. The molecule has 0 saturated heterocycles. The van der Waals surface area contributed by atoms with E-state index in [-0.39, 0.29) is 18.9 Å². The molecule has 0 aliphatic heterocycles. The summed E-state index contributed by atoms with van der Waals surface area (Å²) in [5.41, 5.74) is 0. The molecule has 0 radical (unpaired) electrons. The Morgan fingerprint density at radius 2 is 1.82 bits per heavy atom. The second-order valence-electron chi connectivity index (χ2n) is 2.93. The van der Waals surface area contributed by atoms with Gasteiger partial charge in [-0.1, -0.05) is 0 Å². The van der Waals surface area contributed by atoms with Crippen LogP contribution in [0.1, 0.15) is 25.7 Å². The van der Waals surface area contributed by atoms with E-state index in [1.165, 1.54) is 0 Å². The van der Waals surface area contributed by atoms with Crippen molar-refractivity contribution in [2.45, 2.75) is 37.6 Å². The highest BCUT2D eigenvalue weighted by atomic mass is 35.5. The summed E-state index contributed by atoms with van der Waals surface area (Å²) in [6.07, 6.45) is 0.566. The van der Waals surface area contributed by atoms with Gasteiger partial charge in [-0.2, -0.15) is 4.53 Å². The number of nitrogens with two attached hydrogens (primary N) is 1. The molecule has 1 rings (SSSR count). The monoisotopic (exact) mass is 184 g/mol. The number of rotatable bonds is 1. The average Bonchev–Trinajstić information content (AvgIpc) is 1.86. The van der Waals surface area contributed by atoms with Crippen LogP contribution in [-0.4, -0.2) is 16.5 Å². The van der Waals surface area contributed by atoms with Crippen molar-refractivity contribution in [1.82, 2.24) is 4.53 Å². The predicted octanol–water partition coefficient (Wildman–Crippen LogP) is 1.89. The number of hydrogen-bond donors (Lipinski definition) is 1. The molecule has 0 bridgehead atoms. The third-order valence-corrected chi connectivity index (χ3v) is 2.31. The third kappa shape index (κ3) is 2.54. The van der Waals surface area contributed by atoms with Gasteiger partial charge >= 0.3 is 0 Å². The molecule has 66 valence electrons. The number of hydrazine groups is 1. The SMILES string of the molecule is NN(Cl)C1CCC(F)(F)CC1. The van der Waals surface area contributed by atoms with Crippen LogP contribution in [0.3, 0.4) is 0 Å². The van der Waals surface area contributed by atoms with E-state index in [0.717, 1.165) is 4.53 Å². The fourth-order valence-corrected chi connectivity index (χ4v) is 1.47. The molecule has 0 amide bonds. The fraction of sp³-hybridized carbons (Fsp3) is 1.00. The van der Waals surface area contributed by atoms with Crippen LogP contribution in [0.4, 0.5) is 8.78 Å². The quantitative estimate of drug-likeness (QED) is 0.383. The molecule has 0 atom stereocenters. The van der Waals surface area contributed by atoms with Gasteiger partial charge < -0.3 is 0 Å². The second kappa shape index (κ2) is 3.21. The Balaban J connectivity index is 2.36. The van der Waals surface area contributed by atoms with Crippen molar-refractivity contribution < 1.29 is 8.78 Å². The first kappa shape index (κ1) is 9.16. The highest BCUT2D eigenvalue weighted by Gasteiger charge is 2.36. The molecule has 1 fully saturated rings. The van der Waals surface area contributed by atoms with Gasteiger partial charge in [-0.3, -0.25) is 5.84 Å². The maximum Gasteiger partial charge on any atom is 0.248 e. The van der Waals surface area contributed by atoms with Gasteiger partial charge in [0.1, 0.15) is 0 Å². The summed E-state index contributed by atoms with van der Waals surface area (Å²) in [4.78, 5) is 0. The largest absolute Gasteiger partial charge is 0.254 e. The zero-order valence-corrected chi connectivity index (χ0v) is 6.82. The van der Waals surface area contributed by atoms with Gasteiger partial charge in [-0.25, -0.2) is 8.78 Å². The molecular weight excluding hydrogens is 174 g/mol. The van der Waals surface area contributed by atoms with Crippen molar-refractivity contribution in [2.24, 2.45) is 5.84 Å². The van der Waals surface area contributed by atoms with Crippen LogP contribution < -0.4 is 5.84 Å². The first-order valence-corrected chi connectivity index (χ1v) is 3.93. The zero-order valence-electron chi connectivity index (χ0n) is 6.06. The summed E-state index contributed by atoms with van der Waals surface area (Å²) in [6.45, 7) is 0. The van der Waals surface area contributed by atoms with Gasteiger partial charge in [0.2, 0.25) is 5.92 Å². The van der Waals surface area contributed by atoms with Crippen molar-refractivity contribution in [3.8, 4) is 0 Å². The minimum Gasteiger partial charge on any atom is -0.254 e. The van der Waals surface area contributed by atoms with Crippen molar-refractivity contribution in [1.29, 1.82) is 0 Å². The van der Waals surface area contributed by atoms with Crippen molar-refractivity contribution in [2.75, 3.05) is 0 Å². The van der Waals surface area contributed by atoms with Crippen LogP contribution >= 0.6 is 11.8 Å². The molecule has 5 heteroatoms. The number of alkyl halides is 2.